The Morgan fingerprint density at radius 2 is 2.24 bits per heavy atom. The van der Waals surface area contributed by atoms with Gasteiger partial charge in [-0.3, -0.25) is 4.68 Å². The molecule has 0 aromatic carbocycles. The number of aryl methyl sites for hydroxylation is 1. The summed E-state index contributed by atoms with van der Waals surface area (Å²) in [4.78, 5) is 0. The van der Waals surface area contributed by atoms with Gasteiger partial charge in [0.25, 0.3) is 0 Å². The maximum Gasteiger partial charge on any atom is 0.106 e. The third-order valence-electron chi connectivity index (χ3n) is 2.75. The summed E-state index contributed by atoms with van der Waals surface area (Å²) in [6, 6.07) is 0. The van der Waals surface area contributed by atoms with E-state index in [-0.39, 0.29) is 0 Å². The fraction of sp³-hybridized carbons (Fsp3) is 0.750. The van der Waals surface area contributed by atoms with Gasteiger partial charge < -0.3 is 10.4 Å². The molecule has 2 N–H and O–H groups in total. The summed E-state index contributed by atoms with van der Waals surface area (Å²) >= 11 is 6.03. The number of rotatable bonds is 6. The van der Waals surface area contributed by atoms with Gasteiger partial charge in [0.2, 0.25) is 0 Å². The lowest BCUT2D eigenvalue weighted by molar-refractivity contribution is 0.0396. The van der Waals surface area contributed by atoms with E-state index in [0.29, 0.717) is 23.1 Å². The Morgan fingerprint density at radius 3 is 2.71 bits per heavy atom. The van der Waals surface area contributed by atoms with Crippen molar-refractivity contribution in [3.8, 4) is 0 Å². The number of aliphatic hydroxyl groups is 1. The van der Waals surface area contributed by atoms with E-state index < -0.39 is 5.60 Å². The Hall–Kier alpha value is -0.580. The molecule has 0 fully saturated rings. The van der Waals surface area contributed by atoms with Gasteiger partial charge >= 0.3 is 0 Å². The smallest absolute Gasteiger partial charge is 0.106 e. The van der Waals surface area contributed by atoms with E-state index in [2.05, 4.69) is 24.3 Å². The molecule has 0 saturated carbocycles. The summed E-state index contributed by atoms with van der Waals surface area (Å²) in [5, 5.41) is 18.3. The number of halogens is 1. The van der Waals surface area contributed by atoms with Crippen LogP contribution in [-0.4, -0.2) is 28.0 Å². The predicted octanol–water partition coefficient (Wildman–Crippen LogP) is 1.92. The van der Waals surface area contributed by atoms with Crippen molar-refractivity contribution in [2.24, 2.45) is 13.0 Å². The van der Waals surface area contributed by atoms with Crippen LogP contribution in [-0.2, 0) is 12.6 Å². The monoisotopic (exact) mass is 259 g/mol. The van der Waals surface area contributed by atoms with Crippen molar-refractivity contribution in [1.29, 1.82) is 0 Å². The molecule has 1 aromatic rings. The highest BCUT2D eigenvalue weighted by Gasteiger charge is 2.28. The zero-order valence-electron chi connectivity index (χ0n) is 11.0. The van der Waals surface area contributed by atoms with Gasteiger partial charge in [0.1, 0.15) is 5.60 Å². The number of nitrogens with one attached hydrogen (secondary N) is 1. The van der Waals surface area contributed by atoms with Crippen molar-refractivity contribution in [2.45, 2.75) is 32.8 Å². The quantitative estimate of drug-likeness (QED) is 0.768. The van der Waals surface area contributed by atoms with Crippen LogP contribution in [0.15, 0.2) is 6.20 Å². The zero-order valence-corrected chi connectivity index (χ0v) is 11.8. The minimum absolute atomic E-state index is 0.515. The maximum absolute atomic E-state index is 10.4. The first-order chi connectivity index (χ1) is 7.84. The van der Waals surface area contributed by atoms with Crippen molar-refractivity contribution >= 4 is 11.6 Å². The first kappa shape index (κ1) is 14.5. The van der Waals surface area contributed by atoms with Crippen LogP contribution in [0.2, 0.25) is 5.02 Å². The topological polar surface area (TPSA) is 50.1 Å². The van der Waals surface area contributed by atoms with Gasteiger partial charge in [-0.2, -0.15) is 5.10 Å². The number of nitrogens with zero attached hydrogens (tertiary/aromatic N) is 2. The van der Waals surface area contributed by atoms with Crippen LogP contribution in [0.25, 0.3) is 0 Å². The molecule has 17 heavy (non-hydrogen) atoms. The van der Waals surface area contributed by atoms with Crippen molar-refractivity contribution in [3.05, 3.63) is 16.9 Å². The summed E-state index contributed by atoms with van der Waals surface area (Å²) in [6.45, 7) is 7.79. The Labute approximate surface area is 108 Å². The van der Waals surface area contributed by atoms with Crippen LogP contribution < -0.4 is 5.32 Å². The summed E-state index contributed by atoms with van der Waals surface area (Å²) in [5.41, 5.74) is -0.280. The maximum atomic E-state index is 10.4. The molecule has 1 aromatic heterocycles. The summed E-state index contributed by atoms with van der Waals surface area (Å²) in [5.74, 6) is 0.611. The molecular weight excluding hydrogens is 238 g/mol. The number of aromatic nitrogens is 2. The first-order valence-corrected chi connectivity index (χ1v) is 6.33. The Morgan fingerprint density at radius 1 is 1.59 bits per heavy atom. The molecule has 0 aliphatic carbocycles. The highest BCUT2D eigenvalue weighted by Crippen LogP contribution is 2.29. The van der Waals surface area contributed by atoms with Gasteiger partial charge in [-0.15, -0.1) is 0 Å². The van der Waals surface area contributed by atoms with Crippen molar-refractivity contribution in [3.63, 3.8) is 0 Å². The van der Waals surface area contributed by atoms with E-state index >= 15 is 0 Å². The highest BCUT2D eigenvalue weighted by molar-refractivity contribution is 6.31. The molecule has 1 heterocycles. The minimum atomic E-state index is -0.952. The lowest BCUT2D eigenvalue weighted by Gasteiger charge is -2.24. The lowest BCUT2D eigenvalue weighted by atomic mass is 9.98. The summed E-state index contributed by atoms with van der Waals surface area (Å²) in [6.07, 6.45) is 2.17. The molecule has 0 saturated heterocycles. The Balaban J connectivity index is 2.57. The van der Waals surface area contributed by atoms with E-state index in [4.69, 9.17) is 11.6 Å². The molecular formula is C12H22ClN3O. The van der Waals surface area contributed by atoms with Crippen LogP contribution in [0, 0.1) is 5.92 Å². The molecule has 0 bridgehead atoms. The van der Waals surface area contributed by atoms with Gasteiger partial charge in [0, 0.05) is 7.05 Å². The Bertz CT molecular complexity index is 341. The standard InChI is InChI=1S/C12H22ClN3O/c1-9(2)7-14-6-5-12(3,17)11-10(13)8-15-16(11)4/h8-9,14,17H,5-7H2,1-4H3. The lowest BCUT2D eigenvalue weighted by Crippen LogP contribution is -2.31. The largest absolute Gasteiger partial charge is 0.384 e. The average Bonchev–Trinajstić information content (AvgIpc) is 2.53. The average molecular weight is 260 g/mol. The van der Waals surface area contributed by atoms with Crippen LogP contribution >= 0.6 is 11.6 Å². The molecule has 5 heteroatoms. The molecule has 0 amide bonds. The van der Waals surface area contributed by atoms with Crippen LogP contribution in [0.5, 0.6) is 0 Å². The number of hydrogen-bond acceptors (Lipinski definition) is 3. The Kier molecular flexibility index (Phi) is 4.98. The highest BCUT2D eigenvalue weighted by atomic mass is 35.5. The predicted molar refractivity (Wildman–Crippen MR) is 70.1 cm³/mol. The molecule has 98 valence electrons. The second kappa shape index (κ2) is 5.85. The first-order valence-electron chi connectivity index (χ1n) is 5.95. The van der Waals surface area contributed by atoms with Gasteiger partial charge in [-0.05, 0) is 32.4 Å². The van der Waals surface area contributed by atoms with E-state index in [1.807, 2.05) is 0 Å². The van der Waals surface area contributed by atoms with Gasteiger partial charge in [0.15, 0.2) is 0 Å². The van der Waals surface area contributed by atoms with Crippen LogP contribution in [0.4, 0.5) is 0 Å². The molecule has 0 radical (unpaired) electrons. The minimum Gasteiger partial charge on any atom is -0.384 e. The van der Waals surface area contributed by atoms with Crippen LogP contribution in [0.3, 0.4) is 0 Å². The molecule has 0 aliphatic rings. The van der Waals surface area contributed by atoms with Gasteiger partial charge in [-0.25, -0.2) is 0 Å². The third-order valence-corrected chi connectivity index (χ3v) is 3.02. The fourth-order valence-electron chi connectivity index (χ4n) is 1.86. The number of hydrogen-bond donors (Lipinski definition) is 2. The van der Waals surface area contributed by atoms with Crippen LogP contribution in [0.1, 0.15) is 32.9 Å². The van der Waals surface area contributed by atoms with E-state index in [9.17, 15) is 5.11 Å². The molecule has 1 atom stereocenters. The van der Waals surface area contributed by atoms with E-state index in [0.717, 1.165) is 13.1 Å². The summed E-state index contributed by atoms with van der Waals surface area (Å²) in [7, 11) is 1.79. The third kappa shape index (κ3) is 3.98. The van der Waals surface area contributed by atoms with Crippen molar-refractivity contribution in [1.82, 2.24) is 15.1 Å². The van der Waals surface area contributed by atoms with E-state index in [1.165, 1.54) is 0 Å². The molecule has 1 unspecified atom stereocenters. The molecule has 1 rings (SSSR count). The molecule has 4 nitrogen and oxygen atoms in total. The summed E-state index contributed by atoms with van der Waals surface area (Å²) < 4.78 is 1.63. The SMILES string of the molecule is CC(C)CNCCC(C)(O)c1c(Cl)cnn1C. The van der Waals surface area contributed by atoms with Crippen molar-refractivity contribution in [2.75, 3.05) is 13.1 Å². The second-order valence-corrected chi connectivity index (χ2v) is 5.49. The zero-order chi connectivity index (χ0) is 13.1. The molecule has 0 aliphatic heterocycles. The molecule has 0 spiro atoms. The van der Waals surface area contributed by atoms with E-state index in [1.54, 1.807) is 24.9 Å². The fourth-order valence-corrected chi connectivity index (χ4v) is 2.23. The van der Waals surface area contributed by atoms with Gasteiger partial charge in [0.05, 0.1) is 16.9 Å². The van der Waals surface area contributed by atoms with Crippen molar-refractivity contribution < 1.29 is 5.11 Å². The second-order valence-electron chi connectivity index (χ2n) is 5.09. The van der Waals surface area contributed by atoms with Gasteiger partial charge in [-0.1, -0.05) is 25.4 Å². The normalized spacial score (nSPS) is 15.2.